The van der Waals surface area contributed by atoms with Gasteiger partial charge in [0.2, 0.25) is 0 Å². The summed E-state index contributed by atoms with van der Waals surface area (Å²) in [7, 11) is 0. The molecule has 1 N–H and O–H groups in total. The Balaban J connectivity index is 1.91. The summed E-state index contributed by atoms with van der Waals surface area (Å²) in [6.45, 7) is 0.394. The molecule has 0 aliphatic rings. The van der Waals surface area contributed by atoms with Crippen LogP contribution >= 0.6 is 23.2 Å². The largest absolute Gasteiger partial charge is 0.489 e. The van der Waals surface area contributed by atoms with Gasteiger partial charge in [0.15, 0.2) is 0 Å². The van der Waals surface area contributed by atoms with Crippen molar-refractivity contribution in [2.24, 2.45) is 0 Å². The minimum absolute atomic E-state index is 0.128. The third kappa shape index (κ3) is 4.96. The van der Waals surface area contributed by atoms with E-state index in [2.05, 4.69) is 0 Å². The molecule has 2 aromatic rings. The Labute approximate surface area is 133 Å². The molecular weight excluding hydrogens is 311 g/mol. The van der Waals surface area contributed by atoms with E-state index in [1.165, 1.54) is 0 Å². The van der Waals surface area contributed by atoms with Crippen LogP contribution in [0.2, 0.25) is 10.0 Å². The Morgan fingerprint density at radius 1 is 1.00 bits per heavy atom. The summed E-state index contributed by atoms with van der Waals surface area (Å²) in [4.78, 5) is 10.5. The van der Waals surface area contributed by atoms with E-state index >= 15 is 0 Å². The topological polar surface area (TPSA) is 46.5 Å². The second kappa shape index (κ2) is 7.34. The quantitative estimate of drug-likeness (QED) is 0.845. The molecule has 0 heterocycles. The zero-order valence-corrected chi connectivity index (χ0v) is 12.7. The maximum Gasteiger partial charge on any atom is 0.303 e. The van der Waals surface area contributed by atoms with Crippen LogP contribution in [0.3, 0.4) is 0 Å². The summed E-state index contributed by atoms with van der Waals surface area (Å²) in [5.41, 5.74) is 1.90. The third-order valence-electron chi connectivity index (χ3n) is 2.94. The second-order valence-electron chi connectivity index (χ2n) is 4.57. The number of carboxylic acid groups (broad SMARTS) is 1. The number of rotatable bonds is 6. The molecule has 0 amide bonds. The van der Waals surface area contributed by atoms with Crippen LogP contribution in [-0.4, -0.2) is 11.1 Å². The monoisotopic (exact) mass is 324 g/mol. The van der Waals surface area contributed by atoms with E-state index in [9.17, 15) is 4.79 Å². The number of halogens is 2. The van der Waals surface area contributed by atoms with Crippen LogP contribution in [0.1, 0.15) is 17.5 Å². The molecule has 21 heavy (non-hydrogen) atoms. The zero-order valence-electron chi connectivity index (χ0n) is 11.2. The molecule has 0 unspecified atom stereocenters. The van der Waals surface area contributed by atoms with Gasteiger partial charge in [0, 0.05) is 6.42 Å². The fourth-order valence-corrected chi connectivity index (χ4v) is 2.12. The van der Waals surface area contributed by atoms with Crippen LogP contribution in [0.4, 0.5) is 0 Å². The second-order valence-corrected chi connectivity index (χ2v) is 5.39. The number of hydrogen-bond acceptors (Lipinski definition) is 2. The van der Waals surface area contributed by atoms with Gasteiger partial charge >= 0.3 is 5.97 Å². The molecule has 2 rings (SSSR count). The predicted octanol–water partition coefficient (Wildman–Crippen LogP) is 4.59. The lowest BCUT2D eigenvalue weighted by Crippen LogP contribution is -1.98. The number of carbonyl (C=O) groups is 1. The van der Waals surface area contributed by atoms with Gasteiger partial charge in [-0.25, -0.2) is 0 Å². The fourth-order valence-electron chi connectivity index (χ4n) is 1.80. The van der Waals surface area contributed by atoms with Gasteiger partial charge in [0.25, 0.3) is 0 Å². The van der Waals surface area contributed by atoms with Crippen LogP contribution in [0.15, 0.2) is 42.5 Å². The van der Waals surface area contributed by atoms with Crippen LogP contribution in [0.5, 0.6) is 5.75 Å². The molecule has 5 heteroatoms. The van der Waals surface area contributed by atoms with Crippen LogP contribution < -0.4 is 4.74 Å². The summed E-state index contributed by atoms with van der Waals surface area (Å²) >= 11 is 11.8. The van der Waals surface area contributed by atoms with Gasteiger partial charge < -0.3 is 9.84 Å². The van der Waals surface area contributed by atoms with Gasteiger partial charge in [0.1, 0.15) is 12.4 Å². The molecule has 0 fully saturated rings. The standard InChI is InChI=1S/C16H14Cl2O3/c17-14-7-3-12(9-15(14)18)10-21-13-5-1-11(2-6-13)4-8-16(19)20/h1-3,5-7,9H,4,8,10H2,(H,19,20). The van der Waals surface area contributed by atoms with Gasteiger partial charge in [0.05, 0.1) is 10.0 Å². The smallest absolute Gasteiger partial charge is 0.303 e. The van der Waals surface area contributed by atoms with Crippen molar-refractivity contribution in [2.75, 3.05) is 0 Å². The predicted molar refractivity (Wildman–Crippen MR) is 83.2 cm³/mol. The van der Waals surface area contributed by atoms with E-state index in [4.69, 9.17) is 33.0 Å². The third-order valence-corrected chi connectivity index (χ3v) is 3.68. The van der Waals surface area contributed by atoms with Crippen molar-refractivity contribution in [3.8, 4) is 5.75 Å². The lowest BCUT2D eigenvalue weighted by atomic mass is 10.1. The molecule has 0 spiro atoms. The first kappa shape index (κ1) is 15.7. The molecule has 0 aliphatic heterocycles. The van der Waals surface area contributed by atoms with E-state index in [1.54, 1.807) is 12.1 Å². The summed E-state index contributed by atoms with van der Waals surface area (Å²) in [6, 6.07) is 12.8. The van der Waals surface area contributed by atoms with Gasteiger partial charge in [-0.3, -0.25) is 4.79 Å². The molecule has 0 saturated carbocycles. The lowest BCUT2D eigenvalue weighted by Gasteiger charge is -2.08. The zero-order chi connectivity index (χ0) is 15.2. The van der Waals surface area contributed by atoms with Gasteiger partial charge in [-0.1, -0.05) is 41.4 Å². The lowest BCUT2D eigenvalue weighted by molar-refractivity contribution is -0.136. The van der Waals surface area contributed by atoms with Crippen LogP contribution in [0.25, 0.3) is 0 Å². The number of benzene rings is 2. The molecule has 0 atom stereocenters. The summed E-state index contributed by atoms with van der Waals surface area (Å²) in [6.07, 6.45) is 0.645. The van der Waals surface area contributed by atoms with Crippen LogP contribution in [0, 0.1) is 0 Å². The van der Waals surface area contributed by atoms with Gasteiger partial charge in [-0.2, -0.15) is 0 Å². The fraction of sp³-hybridized carbons (Fsp3) is 0.188. The Hall–Kier alpha value is -1.71. The number of carboxylic acids is 1. The Morgan fingerprint density at radius 2 is 1.67 bits per heavy atom. The van der Waals surface area contributed by atoms with E-state index < -0.39 is 5.97 Å². The molecule has 0 aliphatic carbocycles. The van der Waals surface area contributed by atoms with E-state index in [1.807, 2.05) is 30.3 Å². The maximum atomic E-state index is 10.5. The molecule has 110 valence electrons. The highest BCUT2D eigenvalue weighted by Crippen LogP contribution is 2.23. The maximum absolute atomic E-state index is 10.5. The van der Waals surface area contributed by atoms with Crippen molar-refractivity contribution in [1.29, 1.82) is 0 Å². The Bertz CT molecular complexity index is 624. The molecule has 0 aromatic heterocycles. The van der Waals surface area contributed by atoms with Gasteiger partial charge in [-0.15, -0.1) is 0 Å². The molecular formula is C16H14Cl2O3. The summed E-state index contributed by atoms with van der Waals surface area (Å²) in [5, 5.41) is 9.66. The molecule has 0 radical (unpaired) electrons. The molecule has 2 aromatic carbocycles. The molecule has 3 nitrogen and oxygen atoms in total. The van der Waals surface area contributed by atoms with E-state index in [0.717, 1.165) is 16.9 Å². The van der Waals surface area contributed by atoms with Crippen molar-refractivity contribution in [3.05, 3.63) is 63.6 Å². The average molecular weight is 325 g/mol. The first-order valence-corrected chi connectivity index (χ1v) is 7.17. The normalized spacial score (nSPS) is 10.4. The number of aryl methyl sites for hydroxylation is 1. The highest BCUT2D eigenvalue weighted by molar-refractivity contribution is 6.42. The van der Waals surface area contributed by atoms with Crippen molar-refractivity contribution < 1.29 is 14.6 Å². The van der Waals surface area contributed by atoms with Crippen LogP contribution in [-0.2, 0) is 17.8 Å². The minimum atomic E-state index is -0.796. The van der Waals surface area contributed by atoms with Crippen molar-refractivity contribution in [1.82, 2.24) is 0 Å². The molecule has 0 saturated heterocycles. The van der Waals surface area contributed by atoms with Crippen molar-refractivity contribution >= 4 is 29.2 Å². The van der Waals surface area contributed by atoms with E-state index in [-0.39, 0.29) is 6.42 Å². The highest BCUT2D eigenvalue weighted by atomic mass is 35.5. The Kier molecular flexibility index (Phi) is 5.48. The first-order valence-electron chi connectivity index (χ1n) is 6.42. The summed E-state index contributed by atoms with van der Waals surface area (Å²) < 4.78 is 5.65. The number of ether oxygens (including phenoxy) is 1. The number of aliphatic carboxylic acids is 1. The van der Waals surface area contributed by atoms with Gasteiger partial charge in [-0.05, 0) is 41.8 Å². The Morgan fingerprint density at radius 3 is 2.29 bits per heavy atom. The van der Waals surface area contributed by atoms with Crippen molar-refractivity contribution in [3.63, 3.8) is 0 Å². The molecule has 0 bridgehead atoms. The first-order chi connectivity index (χ1) is 10.0. The van der Waals surface area contributed by atoms with E-state index in [0.29, 0.717) is 23.1 Å². The summed E-state index contributed by atoms with van der Waals surface area (Å²) in [5.74, 6) is -0.0740. The average Bonchev–Trinajstić information content (AvgIpc) is 2.47. The number of hydrogen-bond donors (Lipinski definition) is 1. The minimum Gasteiger partial charge on any atom is -0.489 e. The van der Waals surface area contributed by atoms with Crippen molar-refractivity contribution in [2.45, 2.75) is 19.4 Å². The SMILES string of the molecule is O=C(O)CCc1ccc(OCc2ccc(Cl)c(Cl)c2)cc1. The highest BCUT2D eigenvalue weighted by Gasteiger charge is 2.02.